The van der Waals surface area contributed by atoms with Crippen molar-refractivity contribution in [3.05, 3.63) is 80.6 Å². The molecule has 0 saturated carbocycles. The number of benzene rings is 2. The highest BCUT2D eigenvalue weighted by Gasteiger charge is 2.29. The van der Waals surface area contributed by atoms with E-state index in [0.717, 1.165) is 4.57 Å². The van der Waals surface area contributed by atoms with Crippen LogP contribution in [0.25, 0.3) is 28.0 Å². The maximum absolute atomic E-state index is 13.2. The normalized spacial score (nSPS) is 11.7. The van der Waals surface area contributed by atoms with Crippen molar-refractivity contribution in [1.29, 1.82) is 0 Å². The Morgan fingerprint density at radius 1 is 1.06 bits per heavy atom. The molecule has 2 aromatic carbocycles. The highest BCUT2D eigenvalue weighted by Crippen LogP contribution is 2.34. The second-order valence-electron chi connectivity index (χ2n) is 7.78. The Morgan fingerprint density at radius 2 is 1.75 bits per heavy atom. The molecule has 36 heavy (non-hydrogen) atoms. The van der Waals surface area contributed by atoms with Crippen molar-refractivity contribution in [2.24, 2.45) is 0 Å². The summed E-state index contributed by atoms with van der Waals surface area (Å²) in [6.45, 7) is -2.01. The minimum atomic E-state index is -4.57. The zero-order valence-corrected chi connectivity index (χ0v) is 20.0. The second-order valence-corrected chi connectivity index (χ2v) is 8.62. The molecular formula is C24H18Cl2F4N4O2. The van der Waals surface area contributed by atoms with Crippen molar-refractivity contribution in [2.75, 3.05) is 13.2 Å². The Bertz CT molecular complexity index is 1480. The van der Waals surface area contributed by atoms with Gasteiger partial charge in [-0.25, -0.2) is 9.07 Å². The molecule has 0 aliphatic rings. The summed E-state index contributed by atoms with van der Waals surface area (Å²) in [5.41, 5.74) is -0.163. The van der Waals surface area contributed by atoms with Crippen LogP contribution in [0.4, 0.5) is 17.6 Å². The van der Waals surface area contributed by atoms with E-state index >= 15 is 0 Å². The van der Waals surface area contributed by atoms with Gasteiger partial charge >= 0.3 is 6.18 Å². The third-order valence-corrected chi connectivity index (χ3v) is 5.94. The Kier molecular flexibility index (Phi) is 7.37. The van der Waals surface area contributed by atoms with Gasteiger partial charge in [0.05, 0.1) is 22.8 Å². The van der Waals surface area contributed by atoms with E-state index in [1.807, 2.05) is 0 Å². The van der Waals surface area contributed by atoms with Gasteiger partial charge < -0.3 is 5.32 Å². The van der Waals surface area contributed by atoms with Gasteiger partial charge in [-0.2, -0.15) is 13.2 Å². The lowest BCUT2D eigenvalue weighted by molar-refractivity contribution is -0.136. The molecule has 0 unspecified atom stereocenters. The maximum Gasteiger partial charge on any atom is 0.390 e. The van der Waals surface area contributed by atoms with Crippen molar-refractivity contribution in [3.8, 4) is 16.9 Å². The number of halogens is 6. The van der Waals surface area contributed by atoms with Crippen LogP contribution < -0.4 is 10.9 Å². The first-order valence-electron chi connectivity index (χ1n) is 10.7. The minimum absolute atomic E-state index is 0.0730. The van der Waals surface area contributed by atoms with Gasteiger partial charge in [-0.3, -0.25) is 14.2 Å². The highest BCUT2D eigenvalue weighted by molar-refractivity contribution is 6.32. The van der Waals surface area contributed by atoms with Gasteiger partial charge in [0.2, 0.25) is 0 Å². The standard InChI is InChI=1S/C24H18Cl2F4N4O2/c25-15-7-5-14(6-8-15)20-16-13-17(22(35)31-11-10-27)23(36)33(12-9-24(28,29)30)21(16)32-34(20)19-4-2-1-3-18(19)26/h1-8,13H,9-12H2,(H,31,35). The average Bonchev–Trinajstić information content (AvgIpc) is 3.20. The van der Waals surface area contributed by atoms with Crippen molar-refractivity contribution in [1.82, 2.24) is 19.7 Å². The minimum Gasteiger partial charge on any atom is -0.349 e. The Balaban J connectivity index is 2.08. The summed E-state index contributed by atoms with van der Waals surface area (Å²) in [6, 6.07) is 14.5. The van der Waals surface area contributed by atoms with Gasteiger partial charge in [0.25, 0.3) is 11.5 Å². The molecule has 0 fully saturated rings. The van der Waals surface area contributed by atoms with E-state index in [1.54, 1.807) is 48.5 Å². The monoisotopic (exact) mass is 540 g/mol. The van der Waals surface area contributed by atoms with E-state index in [9.17, 15) is 27.2 Å². The Morgan fingerprint density at radius 3 is 2.39 bits per heavy atom. The van der Waals surface area contributed by atoms with Crippen LogP contribution >= 0.6 is 23.2 Å². The summed E-state index contributed by atoms with van der Waals surface area (Å²) in [5, 5.41) is 7.69. The number of nitrogens with zero attached hydrogens (tertiary/aromatic N) is 3. The van der Waals surface area contributed by atoms with Crippen molar-refractivity contribution < 1.29 is 22.4 Å². The van der Waals surface area contributed by atoms with E-state index in [4.69, 9.17) is 23.2 Å². The number of amides is 1. The van der Waals surface area contributed by atoms with E-state index in [2.05, 4.69) is 10.4 Å². The lowest BCUT2D eigenvalue weighted by Gasteiger charge is -2.12. The van der Waals surface area contributed by atoms with Gasteiger partial charge in [-0.05, 0) is 30.3 Å². The average molecular weight is 541 g/mol. The number of fused-ring (bicyclic) bond motifs is 1. The molecule has 0 atom stereocenters. The molecule has 6 nitrogen and oxygen atoms in total. The van der Waals surface area contributed by atoms with E-state index in [0.29, 0.717) is 27.0 Å². The number of hydrogen-bond acceptors (Lipinski definition) is 3. The number of aromatic nitrogens is 3. The fraction of sp³-hybridized carbons (Fsp3) is 0.208. The maximum atomic E-state index is 13.2. The number of carbonyl (C=O) groups excluding carboxylic acids is 1. The van der Waals surface area contributed by atoms with Crippen LogP contribution in [0.3, 0.4) is 0 Å². The smallest absolute Gasteiger partial charge is 0.349 e. The number of para-hydroxylation sites is 1. The SMILES string of the molecule is O=C(NCCF)c1cc2c(-c3ccc(Cl)cc3)n(-c3ccccc3Cl)nc2n(CCC(F)(F)F)c1=O. The first kappa shape index (κ1) is 25.7. The number of nitrogens with one attached hydrogen (secondary N) is 1. The van der Waals surface area contributed by atoms with Crippen molar-refractivity contribution in [3.63, 3.8) is 0 Å². The molecule has 0 bridgehead atoms. The van der Waals surface area contributed by atoms with Gasteiger partial charge in [0, 0.05) is 29.1 Å². The molecule has 2 heterocycles. The highest BCUT2D eigenvalue weighted by atomic mass is 35.5. The van der Waals surface area contributed by atoms with Crippen molar-refractivity contribution in [2.45, 2.75) is 19.1 Å². The molecule has 4 rings (SSSR count). The molecule has 0 spiro atoms. The van der Waals surface area contributed by atoms with E-state index in [-0.39, 0.29) is 17.6 Å². The molecule has 12 heteroatoms. The van der Waals surface area contributed by atoms with Crippen LogP contribution in [-0.2, 0) is 6.54 Å². The number of aryl methyl sites for hydroxylation is 1. The molecule has 0 radical (unpaired) electrons. The molecule has 1 amide bonds. The lowest BCUT2D eigenvalue weighted by Crippen LogP contribution is -2.34. The summed E-state index contributed by atoms with van der Waals surface area (Å²) in [5.74, 6) is -0.909. The molecule has 0 aliphatic heterocycles. The first-order chi connectivity index (χ1) is 17.1. The van der Waals surface area contributed by atoms with Gasteiger partial charge in [-0.1, -0.05) is 47.5 Å². The zero-order valence-electron chi connectivity index (χ0n) is 18.5. The summed E-state index contributed by atoms with van der Waals surface area (Å²) in [6.07, 6.45) is -5.89. The summed E-state index contributed by atoms with van der Waals surface area (Å²) >= 11 is 12.4. The van der Waals surface area contributed by atoms with E-state index < -0.39 is 42.8 Å². The number of alkyl halides is 4. The number of hydrogen-bond donors (Lipinski definition) is 1. The Labute approximate surface area is 212 Å². The number of carbonyl (C=O) groups is 1. The fourth-order valence-electron chi connectivity index (χ4n) is 3.75. The largest absolute Gasteiger partial charge is 0.390 e. The summed E-state index contributed by atoms with van der Waals surface area (Å²) in [4.78, 5) is 25.8. The second kappa shape index (κ2) is 10.3. The van der Waals surface area contributed by atoms with Crippen molar-refractivity contribution >= 4 is 40.1 Å². The van der Waals surface area contributed by atoms with Crippen LogP contribution in [0, 0.1) is 0 Å². The predicted octanol–water partition coefficient (Wildman–Crippen LogP) is 5.81. The summed E-state index contributed by atoms with van der Waals surface area (Å²) < 4.78 is 54.2. The molecule has 2 aromatic heterocycles. The zero-order chi connectivity index (χ0) is 26.0. The molecule has 1 N–H and O–H groups in total. The molecule has 0 aliphatic carbocycles. The fourth-order valence-corrected chi connectivity index (χ4v) is 4.09. The first-order valence-corrected chi connectivity index (χ1v) is 11.4. The molecule has 0 saturated heterocycles. The quantitative estimate of drug-likeness (QED) is 0.300. The van der Waals surface area contributed by atoms with Crippen LogP contribution in [0.5, 0.6) is 0 Å². The molecule has 4 aromatic rings. The van der Waals surface area contributed by atoms with Crippen LogP contribution in [0.1, 0.15) is 16.8 Å². The molecule has 188 valence electrons. The van der Waals surface area contributed by atoms with E-state index in [1.165, 1.54) is 10.7 Å². The van der Waals surface area contributed by atoms with Crippen LogP contribution in [0.15, 0.2) is 59.4 Å². The topological polar surface area (TPSA) is 68.9 Å². The molecular weight excluding hydrogens is 523 g/mol. The summed E-state index contributed by atoms with van der Waals surface area (Å²) in [7, 11) is 0. The van der Waals surface area contributed by atoms with Gasteiger partial charge in [0.1, 0.15) is 12.2 Å². The Hall–Kier alpha value is -3.37. The third-order valence-electron chi connectivity index (χ3n) is 5.36. The van der Waals surface area contributed by atoms with Gasteiger partial charge in [-0.15, -0.1) is 5.10 Å². The van der Waals surface area contributed by atoms with Crippen LogP contribution in [-0.4, -0.2) is 39.7 Å². The number of pyridine rings is 1. The number of rotatable bonds is 7. The lowest BCUT2D eigenvalue weighted by atomic mass is 10.1. The van der Waals surface area contributed by atoms with Crippen LogP contribution in [0.2, 0.25) is 10.0 Å². The van der Waals surface area contributed by atoms with Gasteiger partial charge in [0.15, 0.2) is 5.65 Å². The third kappa shape index (κ3) is 5.24. The predicted molar refractivity (Wildman–Crippen MR) is 130 cm³/mol.